The molecule has 0 radical (unpaired) electrons. The highest BCUT2D eigenvalue weighted by molar-refractivity contribution is 5.44. The predicted octanol–water partition coefficient (Wildman–Crippen LogP) is 1.36. The summed E-state index contributed by atoms with van der Waals surface area (Å²) in [6.45, 7) is 1.91. The van der Waals surface area contributed by atoms with Gasteiger partial charge in [-0.3, -0.25) is 0 Å². The van der Waals surface area contributed by atoms with E-state index in [1.807, 2.05) is 13.0 Å². The van der Waals surface area contributed by atoms with Gasteiger partial charge >= 0.3 is 0 Å². The quantitative estimate of drug-likeness (QED) is 0.430. The number of isocyanates is 1. The van der Waals surface area contributed by atoms with Crippen molar-refractivity contribution < 1.29 is 4.79 Å². The van der Waals surface area contributed by atoms with Crippen molar-refractivity contribution in [1.29, 1.82) is 0 Å². The van der Waals surface area contributed by atoms with E-state index < -0.39 is 0 Å². The smallest absolute Gasteiger partial charge is 0.236 e. The summed E-state index contributed by atoms with van der Waals surface area (Å²) in [7, 11) is 0. The molecule has 1 aromatic heterocycles. The van der Waals surface area contributed by atoms with Crippen molar-refractivity contribution in [3.8, 4) is 0 Å². The van der Waals surface area contributed by atoms with Crippen LogP contribution in [-0.4, -0.2) is 11.1 Å². The van der Waals surface area contributed by atoms with Gasteiger partial charge in [-0.2, -0.15) is 0 Å². The lowest BCUT2D eigenvalue weighted by Crippen LogP contribution is -1.74. The zero-order chi connectivity index (χ0) is 7.40. The molecule has 0 amide bonds. The average molecular weight is 134 g/mol. The van der Waals surface area contributed by atoms with Gasteiger partial charge in [-0.05, 0) is 24.6 Å². The highest BCUT2D eigenvalue weighted by Gasteiger charge is 1.87. The Bertz CT molecular complexity index is 277. The monoisotopic (exact) mass is 134 g/mol. The van der Waals surface area contributed by atoms with Gasteiger partial charge in [0.25, 0.3) is 0 Å². The molecule has 0 fully saturated rings. The van der Waals surface area contributed by atoms with Crippen molar-refractivity contribution in [3.63, 3.8) is 0 Å². The Hall–Kier alpha value is -1.47. The Morgan fingerprint density at radius 1 is 1.70 bits per heavy atom. The molecule has 1 heterocycles. The van der Waals surface area contributed by atoms with Gasteiger partial charge in [-0.15, -0.1) is 4.99 Å². The fourth-order valence-corrected chi connectivity index (χ4v) is 0.628. The molecule has 0 saturated carbocycles. The summed E-state index contributed by atoms with van der Waals surface area (Å²) in [5.74, 6) is 0.412. The first-order valence-corrected chi connectivity index (χ1v) is 2.83. The number of carbonyl (C=O) groups excluding carboxylic acids is 1. The molecule has 1 rings (SSSR count). The predicted molar refractivity (Wildman–Crippen MR) is 36.8 cm³/mol. The minimum absolute atomic E-state index is 0.412. The number of aromatic nitrogens is 1. The second-order valence-corrected chi connectivity index (χ2v) is 1.89. The third kappa shape index (κ3) is 1.50. The summed E-state index contributed by atoms with van der Waals surface area (Å²) < 4.78 is 0. The van der Waals surface area contributed by atoms with Crippen LogP contribution < -0.4 is 0 Å². The van der Waals surface area contributed by atoms with Crippen LogP contribution in [0.15, 0.2) is 23.3 Å². The van der Waals surface area contributed by atoms with E-state index in [9.17, 15) is 4.79 Å². The first kappa shape index (κ1) is 6.65. The summed E-state index contributed by atoms with van der Waals surface area (Å²) in [6, 6.07) is 3.55. The maximum Gasteiger partial charge on any atom is 0.242 e. The normalized spacial score (nSPS) is 8.50. The molecular weight excluding hydrogens is 128 g/mol. The molecule has 0 aliphatic rings. The number of aryl methyl sites for hydroxylation is 1. The van der Waals surface area contributed by atoms with Crippen molar-refractivity contribution in [3.05, 3.63) is 23.9 Å². The lowest BCUT2D eigenvalue weighted by molar-refractivity contribution is 0.565. The summed E-state index contributed by atoms with van der Waals surface area (Å²) >= 11 is 0. The number of aliphatic imine (C=N–C) groups is 1. The zero-order valence-corrected chi connectivity index (χ0v) is 5.53. The molecule has 0 atom stereocenters. The van der Waals surface area contributed by atoms with Gasteiger partial charge in [0, 0.05) is 6.20 Å². The van der Waals surface area contributed by atoms with Gasteiger partial charge in [0.05, 0.1) is 0 Å². The summed E-state index contributed by atoms with van der Waals surface area (Å²) in [6.07, 6.45) is 3.03. The number of hydrogen-bond donors (Lipinski definition) is 0. The average Bonchev–Trinajstić information content (AvgIpc) is 1.88. The molecule has 3 heteroatoms. The minimum atomic E-state index is 0.412. The highest BCUT2D eigenvalue weighted by atomic mass is 16.1. The van der Waals surface area contributed by atoms with Gasteiger partial charge < -0.3 is 0 Å². The molecule has 50 valence electrons. The summed E-state index contributed by atoms with van der Waals surface area (Å²) in [5.41, 5.74) is 1.03. The Balaban J connectivity index is 3.06. The molecule has 0 N–H and O–H groups in total. The van der Waals surface area contributed by atoms with E-state index in [0.717, 1.165) is 5.56 Å². The number of rotatable bonds is 1. The Labute approximate surface area is 58.4 Å². The number of hydrogen-bond acceptors (Lipinski definition) is 3. The van der Waals surface area contributed by atoms with Crippen LogP contribution in [0.1, 0.15) is 5.56 Å². The molecule has 0 aliphatic carbocycles. The van der Waals surface area contributed by atoms with Crippen molar-refractivity contribution in [2.75, 3.05) is 0 Å². The zero-order valence-electron chi connectivity index (χ0n) is 5.53. The molecule has 0 saturated heterocycles. The van der Waals surface area contributed by atoms with Crippen LogP contribution >= 0.6 is 0 Å². The van der Waals surface area contributed by atoms with E-state index >= 15 is 0 Å². The number of nitrogens with zero attached hydrogens (tertiary/aromatic N) is 2. The van der Waals surface area contributed by atoms with E-state index in [0.29, 0.717) is 5.82 Å². The Kier molecular flexibility index (Phi) is 1.92. The van der Waals surface area contributed by atoms with Crippen molar-refractivity contribution in [1.82, 2.24) is 4.98 Å². The Morgan fingerprint density at radius 3 is 3.10 bits per heavy atom. The fraction of sp³-hybridized carbons (Fsp3) is 0.143. The molecule has 3 nitrogen and oxygen atoms in total. The number of pyridine rings is 1. The first-order chi connectivity index (χ1) is 4.83. The maximum atomic E-state index is 9.75. The van der Waals surface area contributed by atoms with Crippen LogP contribution in [0.5, 0.6) is 0 Å². The van der Waals surface area contributed by atoms with Gasteiger partial charge in [-0.25, -0.2) is 9.78 Å². The fourth-order valence-electron chi connectivity index (χ4n) is 0.628. The Morgan fingerprint density at radius 2 is 2.50 bits per heavy atom. The first-order valence-electron chi connectivity index (χ1n) is 2.83. The minimum Gasteiger partial charge on any atom is -0.236 e. The van der Waals surface area contributed by atoms with Gasteiger partial charge in [0.15, 0.2) is 5.82 Å². The largest absolute Gasteiger partial charge is 0.242 e. The maximum absolute atomic E-state index is 9.75. The summed E-state index contributed by atoms with van der Waals surface area (Å²) in [4.78, 5) is 16.9. The van der Waals surface area contributed by atoms with E-state index in [4.69, 9.17) is 0 Å². The van der Waals surface area contributed by atoms with E-state index in [-0.39, 0.29) is 0 Å². The summed E-state index contributed by atoms with van der Waals surface area (Å²) in [5, 5.41) is 0. The third-order valence-corrected chi connectivity index (χ3v) is 1.06. The molecule has 0 unspecified atom stereocenters. The lowest BCUT2D eigenvalue weighted by Gasteiger charge is -1.89. The van der Waals surface area contributed by atoms with E-state index in [1.165, 1.54) is 6.08 Å². The van der Waals surface area contributed by atoms with Crippen molar-refractivity contribution >= 4 is 11.9 Å². The topological polar surface area (TPSA) is 42.3 Å². The molecule has 0 aromatic carbocycles. The van der Waals surface area contributed by atoms with E-state index in [2.05, 4.69) is 9.98 Å². The second kappa shape index (κ2) is 2.90. The van der Waals surface area contributed by atoms with E-state index in [1.54, 1.807) is 12.3 Å². The van der Waals surface area contributed by atoms with Crippen LogP contribution in [0.2, 0.25) is 0 Å². The highest BCUT2D eigenvalue weighted by Crippen LogP contribution is 2.06. The molecule has 0 aliphatic heterocycles. The molecule has 1 aromatic rings. The molecule has 0 spiro atoms. The van der Waals surface area contributed by atoms with Crippen molar-refractivity contribution in [2.45, 2.75) is 6.92 Å². The van der Waals surface area contributed by atoms with Crippen molar-refractivity contribution in [2.24, 2.45) is 4.99 Å². The standard InChI is InChI=1S/C7H6N2O/c1-6-2-3-8-7(4-6)9-5-10/h2-4H,1H3. The van der Waals surface area contributed by atoms with Gasteiger partial charge in [0.2, 0.25) is 6.08 Å². The lowest BCUT2D eigenvalue weighted by atomic mass is 10.3. The van der Waals surface area contributed by atoms with Gasteiger partial charge in [-0.1, -0.05) is 0 Å². The van der Waals surface area contributed by atoms with Crippen LogP contribution in [0, 0.1) is 6.92 Å². The third-order valence-electron chi connectivity index (χ3n) is 1.06. The SMILES string of the molecule is Cc1ccnc(N=C=O)c1. The van der Waals surface area contributed by atoms with Crippen LogP contribution in [-0.2, 0) is 4.79 Å². The van der Waals surface area contributed by atoms with Crippen LogP contribution in [0.3, 0.4) is 0 Å². The molecule has 10 heavy (non-hydrogen) atoms. The van der Waals surface area contributed by atoms with Crippen LogP contribution in [0.4, 0.5) is 5.82 Å². The van der Waals surface area contributed by atoms with Gasteiger partial charge in [0.1, 0.15) is 0 Å². The second-order valence-electron chi connectivity index (χ2n) is 1.89. The van der Waals surface area contributed by atoms with Crippen LogP contribution in [0.25, 0.3) is 0 Å². The molecular formula is C7H6N2O. The molecule has 0 bridgehead atoms.